The Bertz CT molecular complexity index is 640. The van der Waals surface area contributed by atoms with E-state index in [0.717, 1.165) is 41.2 Å². The van der Waals surface area contributed by atoms with Gasteiger partial charge < -0.3 is 14.0 Å². The number of aromatic nitrogens is 2. The third kappa shape index (κ3) is 1.58. The Kier molecular flexibility index (Phi) is 2.56. The van der Waals surface area contributed by atoms with Crippen molar-refractivity contribution >= 4 is 11.0 Å². The molecule has 0 radical (unpaired) electrons. The largest absolute Gasteiger partial charge is 0.454 e. The van der Waals surface area contributed by atoms with Crippen molar-refractivity contribution < 1.29 is 9.47 Å². The number of hydrogen-bond donors (Lipinski definition) is 0. The predicted octanol–water partition coefficient (Wildman–Crippen LogP) is 2.24. The lowest BCUT2D eigenvalue weighted by Gasteiger charge is -2.03. The maximum atomic E-state index is 8.93. The van der Waals surface area contributed by atoms with Crippen molar-refractivity contribution in [2.45, 2.75) is 26.3 Å². The van der Waals surface area contributed by atoms with Crippen LogP contribution in [0.5, 0.6) is 11.5 Å². The summed E-state index contributed by atoms with van der Waals surface area (Å²) in [5.74, 6) is 2.40. The summed E-state index contributed by atoms with van der Waals surface area (Å²) in [4.78, 5) is 4.57. The van der Waals surface area contributed by atoms with Gasteiger partial charge in [-0.2, -0.15) is 5.26 Å². The van der Waals surface area contributed by atoms with E-state index >= 15 is 0 Å². The van der Waals surface area contributed by atoms with Crippen LogP contribution in [0.25, 0.3) is 11.0 Å². The quantitative estimate of drug-likeness (QED) is 0.829. The van der Waals surface area contributed by atoms with Gasteiger partial charge in [-0.15, -0.1) is 0 Å². The zero-order valence-electron chi connectivity index (χ0n) is 10.1. The Hall–Kier alpha value is -2.22. The predicted molar refractivity (Wildman–Crippen MR) is 65.5 cm³/mol. The van der Waals surface area contributed by atoms with Crippen LogP contribution < -0.4 is 9.47 Å². The van der Waals surface area contributed by atoms with Crippen LogP contribution in [0, 0.1) is 11.3 Å². The fourth-order valence-corrected chi connectivity index (χ4v) is 2.23. The second-order valence-corrected chi connectivity index (χ2v) is 4.22. The van der Waals surface area contributed by atoms with Crippen molar-refractivity contribution in [2.24, 2.45) is 0 Å². The topological polar surface area (TPSA) is 60.1 Å². The SMILES string of the molecule is CCCc1nc2cc3c(cc2n1CC#N)OCO3. The van der Waals surface area contributed by atoms with Crippen LogP contribution >= 0.6 is 0 Å². The standard InChI is InChI=1S/C13H13N3O2/c1-2-3-13-15-9-6-11-12(18-8-17-11)7-10(9)16(13)5-4-14/h6-7H,2-3,5,8H2,1H3. The number of rotatable bonds is 3. The molecule has 0 saturated carbocycles. The number of hydrogen-bond acceptors (Lipinski definition) is 4. The molecule has 92 valence electrons. The van der Waals surface area contributed by atoms with Gasteiger partial charge in [-0.25, -0.2) is 4.98 Å². The van der Waals surface area contributed by atoms with Crippen LogP contribution in [0.4, 0.5) is 0 Å². The summed E-state index contributed by atoms with van der Waals surface area (Å²) in [7, 11) is 0. The van der Waals surface area contributed by atoms with Crippen LogP contribution in [0.2, 0.25) is 0 Å². The molecule has 0 fully saturated rings. The monoisotopic (exact) mass is 243 g/mol. The minimum absolute atomic E-state index is 0.252. The smallest absolute Gasteiger partial charge is 0.231 e. The zero-order valence-corrected chi connectivity index (χ0v) is 10.1. The molecule has 0 saturated heterocycles. The number of nitriles is 1. The van der Waals surface area contributed by atoms with E-state index in [-0.39, 0.29) is 6.79 Å². The highest BCUT2D eigenvalue weighted by Gasteiger charge is 2.18. The van der Waals surface area contributed by atoms with E-state index in [2.05, 4.69) is 18.0 Å². The molecule has 0 spiro atoms. The van der Waals surface area contributed by atoms with Gasteiger partial charge in [0.05, 0.1) is 17.1 Å². The van der Waals surface area contributed by atoms with E-state index in [1.165, 1.54) is 0 Å². The number of nitrogens with zero attached hydrogens (tertiary/aromatic N) is 3. The third-order valence-electron chi connectivity index (χ3n) is 3.02. The van der Waals surface area contributed by atoms with Gasteiger partial charge in [-0.05, 0) is 6.42 Å². The van der Waals surface area contributed by atoms with E-state index < -0.39 is 0 Å². The first-order valence-electron chi connectivity index (χ1n) is 5.99. The van der Waals surface area contributed by atoms with Gasteiger partial charge in [0, 0.05) is 18.6 Å². The van der Waals surface area contributed by atoms with Gasteiger partial charge >= 0.3 is 0 Å². The summed E-state index contributed by atoms with van der Waals surface area (Å²) in [5, 5.41) is 8.93. The number of fused-ring (bicyclic) bond motifs is 2. The molecule has 1 aromatic heterocycles. The van der Waals surface area contributed by atoms with E-state index in [4.69, 9.17) is 14.7 Å². The van der Waals surface area contributed by atoms with Crippen LogP contribution in [-0.2, 0) is 13.0 Å². The molecule has 0 N–H and O–H groups in total. The lowest BCUT2D eigenvalue weighted by Crippen LogP contribution is -2.02. The molecule has 2 aromatic rings. The second kappa shape index (κ2) is 4.22. The zero-order chi connectivity index (χ0) is 12.5. The molecule has 0 bridgehead atoms. The van der Waals surface area contributed by atoms with Gasteiger partial charge in [-0.1, -0.05) is 6.92 Å². The van der Waals surface area contributed by atoms with Crippen molar-refractivity contribution in [3.05, 3.63) is 18.0 Å². The molecule has 5 nitrogen and oxygen atoms in total. The number of imidazole rings is 1. The van der Waals surface area contributed by atoms with Crippen molar-refractivity contribution in [3.8, 4) is 17.6 Å². The van der Waals surface area contributed by atoms with Gasteiger partial charge in [-0.3, -0.25) is 0 Å². The first kappa shape index (κ1) is 10.9. The third-order valence-corrected chi connectivity index (χ3v) is 3.02. The highest BCUT2D eigenvalue weighted by atomic mass is 16.7. The molecule has 18 heavy (non-hydrogen) atoms. The summed E-state index contributed by atoms with van der Waals surface area (Å²) in [6.45, 7) is 2.66. The molecule has 0 unspecified atom stereocenters. The first-order chi connectivity index (χ1) is 8.83. The van der Waals surface area contributed by atoms with Crippen LogP contribution in [0.3, 0.4) is 0 Å². The highest BCUT2D eigenvalue weighted by molar-refractivity contribution is 5.81. The van der Waals surface area contributed by atoms with Crippen LogP contribution in [0.15, 0.2) is 12.1 Å². The van der Waals surface area contributed by atoms with E-state index in [9.17, 15) is 0 Å². The minimum Gasteiger partial charge on any atom is -0.454 e. The second-order valence-electron chi connectivity index (χ2n) is 4.22. The Morgan fingerprint density at radius 3 is 2.89 bits per heavy atom. The van der Waals surface area contributed by atoms with E-state index in [1.807, 2.05) is 16.7 Å². The fourth-order valence-electron chi connectivity index (χ4n) is 2.23. The lowest BCUT2D eigenvalue weighted by molar-refractivity contribution is 0.174. The molecule has 1 aliphatic rings. The maximum absolute atomic E-state index is 8.93. The lowest BCUT2D eigenvalue weighted by atomic mass is 10.2. The summed E-state index contributed by atoms with van der Waals surface area (Å²) < 4.78 is 12.6. The highest BCUT2D eigenvalue weighted by Crippen LogP contribution is 2.36. The van der Waals surface area contributed by atoms with Gasteiger partial charge in [0.1, 0.15) is 12.4 Å². The molecular formula is C13H13N3O2. The molecule has 5 heteroatoms. The van der Waals surface area contributed by atoms with Gasteiger partial charge in [0.2, 0.25) is 6.79 Å². The molecule has 0 aliphatic carbocycles. The summed E-state index contributed by atoms with van der Waals surface area (Å²) >= 11 is 0. The average molecular weight is 243 g/mol. The molecule has 1 aliphatic heterocycles. The Balaban J connectivity index is 2.20. The minimum atomic E-state index is 0.252. The van der Waals surface area contributed by atoms with E-state index in [1.54, 1.807) is 0 Å². The van der Waals surface area contributed by atoms with Crippen molar-refractivity contribution in [1.29, 1.82) is 5.26 Å². The van der Waals surface area contributed by atoms with Crippen LogP contribution in [-0.4, -0.2) is 16.3 Å². The molecule has 0 amide bonds. The van der Waals surface area contributed by atoms with Crippen LogP contribution in [0.1, 0.15) is 19.2 Å². The number of ether oxygens (including phenoxy) is 2. The summed E-state index contributed by atoms with van der Waals surface area (Å²) in [6.07, 6.45) is 1.87. The average Bonchev–Trinajstić information content (AvgIpc) is 2.93. The van der Waals surface area contributed by atoms with Gasteiger partial charge in [0.15, 0.2) is 11.5 Å². The fraction of sp³-hybridized carbons (Fsp3) is 0.385. The Morgan fingerprint density at radius 1 is 1.39 bits per heavy atom. The maximum Gasteiger partial charge on any atom is 0.231 e. The Labute approximate surface area is 105 Å². The summed E-state index contributed by atoms with van der Waals surface area (Å²) in [6, 6.07) is 5.96. The Morgan fingerprint density at radius 2 is 2.17 bits per heavy atom. The normalized spacial score (nSPS) is 12.9. The van der Waals surface area contributed by atoms with E-state index in [0.29, 0.717) is 6.54 Å². The molecular weight excluding hydrogens is 230 g/mol. The number of aryl methyl sites for hydroxylation is 1. The van der Waals surface area contributed by atoms with Crippen molar-refractivity contribution in [3.63, 3.8) is 0 Å². The molecule has 1 aromatic carbocycles. The number of benzene rings is 1. The van der Waals surface area contributed by atoms with Crippen molar-refractivity contribution in [2.75, 3.05) is 6.79 Å². The molecule has 2 heterocycles. The molecule has 0 atom stereocenters. The summed E-state index contributed by atoms with van der Waals surface area (Å²) in [5.41, 5.74) is 1.79. The molecule has 3 rings (SSSR count). The first-order valence-corrected chi connectivity index (χ1v) is 5.99. The van der Waals surface area contributed by atoms with Gasteiger partial charge in [0.25, 0.3) is 0 Å². The van der Waals surface area contributed by atoms with Crippen molar-refractivity contribution in [1.82, 2.24) is 9.55 Å².